The molecule has 1 saturated heterocycles. The first-order valence-corrected chi connectivity index (χ1v) is 21.4. The Morgan fingerprint density at radius 3 is 1.28 bits per heavy atom. The molecule has 2 N–H and O–H groups in total. The molecule has 0 bridgehead atoms. The maximum atomic E-state index is 9.00. The van der Waals surface area contributed by atoms with Gasteiger partial charge in [-0.2, -0.15) is 0 Å². The van der Waals surface area contributed by atoms with E-state index in [0.29, 0.717) is 16.2 Å². The Labute approximate surface area is 351 Å². The van der Waals surface area contributed by atoms with Crippen LogP contribution in [0.1, 0.15) is 154 Å². The summed E-state index contributed by atoms with van der Waals surface area (Å²) in [6.45, 7) is 11.0. The monoisotopic (exact) mass is 797 g/mol. The van der Waals surface area contributed by atoms with Gasteiger partial charge in [0, 0.05) is 61.3 Å². The van der Waals surface area contributed by atoms with Gasteiger partial charge in [-0.25, -0.2) is 0 Å². The van der Waals surface area contributed by atoms with Crippen LogP contribution in [0, 0.1) is 22.2 Å². The molecule has 298 valence electrons. The van der Waals surface area contributed by atoms with E-state index in [1.807, 2.05) is 24.8 Å². The van der Waals surface area contributed by atoms with Gasteiger partial charge in [0.25, 0.3) is 5.97 Å². The lowest BCUT2D eigenvalue weighted by Gasteiger charge is -2.38. The summed E-state index contributed by atoms with van der Waals surface area (Å²) < 4.78 is 0. The predicted octanol–water partition coefficient (Wildman–Crippen LogP) is 10.9. The fourth-order valence-electron chi connectivity index (χ4n) is 8.54. The normalized spacial score (nSPS) is 19.4. The summed E-state index contributed by atoms with van der Waals surface area (Å²) in [5.41, 5.74) is 4.72. The van der Waals surface area contributed by atoms with Gasteiger partial charge in [0.05, 0.1) is 5.34 Å². The van der Waals surface area contributed by atoms with Crippen LogP contribution in [0.25, 0.3) is 0 Å². The van der Waals surface area contributed by atoms with Gasteiger partial charge >= 0.3 is 0 Å². The molecule has 0 amide bonds. The molecule has 2 aromatic heterocycles. The predicted molar refractivity (Wildman–Crippen MR) is 240 cm³/mol. The average Bonchev–Trinajstić information content (AvgIpc) is 3.11. The maximum absolute atomic E-state index is 9.00. The largest absolute Gasteiger partial charge is 0.481 e. The quantitative estimate of drug-likeness (QED) is 0.225. The van der Waals surface area contributed by atoms with Crippen molar-refractivity contribution >= 4 is 71.2 Å². The number of carboxylic acid groups (broad SMARTS) is 1. The third-order valence-electron chi connectivity index (χ3n) is 11.2. The molecular formula is C42H70B4Cl3N3O2. The molecule has 3 aliphatic carbocycles. The molecule has 3 heterocycles. The lowest BCUT2D eigenvalue weighted by molar-refractivity contribution is -0.134. The standard InChI is InChI=1S/C13H25N.2C13H19N.C2H4O2.CH2Cl2.B4.ClH/c3*1-13(7-3-2-4-8-13)11-12-5-9-14-10-6-12;1-2(3)4;2-1-3;1-4(2)3;/h12,14H,2-11H2,1H3;2*5-6,9-10H,2-4,7-8,11H2,1H3;1H3,(H,3,4);1H2;;1H. The average molecular weight is 799 g/mol. The van der Waals surface area contributed by atoms with Crippen LogP contribution >= 0.6 is 35.6 Å². The minimum absolute atomic E-state index is 0. The van der Waals surface area contributed by atoms with Crippen molar-refractivity contribution in [3.05, 3.63) is 60.2 Å². The second kappa shape index (κ2) is 30.9. The molecule has 6 radical (unpaired) electrons. The third kappa shape index (κ3) is 27.5. The number of piperidine rings is 1. The fourth-order valence-corrected chi connectivity index (χ4v) is 8.54. The first-order valence-electron chi connectivity index (χ1n) is 20.3. The second-order valence-corrected chi connectivity index (χ2v) is 17.6. The van der Waals surface area contributed by atoms with Crippen LogP contribution in [-0.2, 0) is 17.6 Å². The van der Waals surface area contributed by atoms with Crippen LogP contribution in [0.2, 0.25) is 0 Å². The molecule has 0 spiro atoms. The number of rotatable bonds is 6. The molecule has 1 aliphatic heterocycles. The van der Waals surface area contributed by atoms with E-state index < -0.39 is 12.4 Å². The van der Waals surface area contributed by atoms with E-state index in [0.717, 1.165) is 12.8 Å². The highest BCUT2D eigenvalue weighted by Crippen LogP contribution is 2.43. The van der Waals surface area contributed by atoms with Crippen molar-refractivity contribution in [2.45, 2.75) is 156 Å². The van der Waals surface area contributed by atoms with Crippen molar-refractivity contribution in [2.75, 3.05) is 18.4 Å². The van der Waals surface area contributed by atoms with E-state index in [-0.39, 0.29) is 17.7 Å². The lowest BCUT2D eigenvalue weighted by Crippen LogP contribution is -2.32. The molecule has 4 aliphatic rings. The SMILES string of the molecule is CC(=O)O.CC1(CC2CCNCC2)CCCCC1.CC1(Cc2ccncc2)CCCCC1.CC1(Cc2ccncc2)CCCCC1.Cl.ClCCl.[B]B([B])[B]. The van der Waals surface area contributed by atoms with E-state index >= 15 is 0 Å². The molecule has 54 heavy (non-hydrogen) atoms. The van der Waals surface area contributed by atoms with Crippen LogP contribution in [0.3, 0.4) is 0 Å². The molecule has 2 aromatic rings. The summed E-state index contributed by atoms with van der Waals surface area (Å²) in [5.74, 6) is 0.194. The Kier molecular flexibility index (Phi) is 30.3. The summed E-state index contributed by atoms with van der Waals surface area (Å²) in [5, 5.41) is 11.1. The fraction of sp³-hybridized carbons (Fsp3) is 0.738. The van der Waals surface area contributed by atoms with Crippen LogP contribution in [-0.4, -0.2) is 69.1 Å². The van der Waals surface area contributed by atoms with E-state index in [4.69, 9.17) is 33.1 Å². The van der Waals surface area contributed by atoms with E-state index in [2.05, 4.69) is 83.5 Å². The maximum Gasteiger partial charge on any atom is 0.300 e. The summed E-state index contributed by atoms with van der Waals surface area (Å²) in [7, 11) is 14.0. The van der Waals surface area contributed by atoms with E-state index in [9.17, 15) is 0 Å². The number of nitrogens with one attached hydrogen (secondary N) is 1. The number of nitrogens with zero attached hydrogens (tertiary/aromatic N) is 2. The van der Waals surface area contributed by atoms with Crippen LogP contribution in [0.4, 0.5) is 0 Å². The number of alkyl halides is 2. The van der Waals surface area contributed by atoms with E-state index in [1.165, 1.54) is 153 Å². The smallest absolute Gasteiger partial charge is 0.300 e. The zero-order valence-corrected chi connectivity index (χ0v) is 36.5. The molecule has 0 unspecified atom stereocenters. The second-order valence-electron chi connectivity index (χ2n) is 16.8. The zero-order valence-electron chi connectivity index (χ0n) is 34.2. The number of carbonyl (C=O) groups is 1. The molecule has 0 atom stereocenters. The Balaban J connectivity index is 0.000000681. The van der Waals surface area contributed by atoms with Crippen molar-refractivity contribution in [2.24, 2.45) is 22.2 Å². The van der Waals surface area contributed by atoms with Crippen molar-refractivity contribution < 1.29 is 9.90 Å². The highest BCUT2D eigenvalue weighted by Gasteiger charge is 2.30. The van der Waals surface area contributed by atoms with E-state index in [1.54, 1.807) is 0 Å². The van der Waals surface area contributed by atoms with Gasteiger partial charge in [0.1, 0.15) is 0 Å². The van der Waals surface area contributed by atoms with Gasteiger partial charge < -0.3 is 10.4 Å². The topological polar surface area (TPSA) is 75.1 Å². The molecule has 3 saturated carbocycles. The van der Waals surface area contributed by atoms with Gasteiger partial charge in [0.2, 0.25) is 0 Å². The van der Waals surface area contributed by atoms with Crippen molar-refractivity contribution in [3.63, 3.8) is 0 Å². The van der Waals surface area contributed by atoms with Crippen molar-refractivity contribution in [1.29, 1.82) is 0 Å². The number of hydrogen-bond acceptors (Lipinski definition) is 4. The Hall–Kier alpha value is -1.14. The summed E-state index contributed by atoms with van der Waals surface area (Å²) in [6.07, 6.45) is 35.4. The molecule has 4 fully saturated rings. The molecular weight excluding hydrogens is 728 g/mol. The Morgan fingerprint density at radius 2 is 0.981 bits per heavy atom. The Bertz CT molecular complexity index is 1100. The van der Waals surface area contributed by atoms with Crippen molar-refractivity contribution in [1.82, 2.24) is 15.3 Å². The van der Waals surface area contributed by atoms with Gasteiger partial charge in [-0.3, -0.25) is 14.8 Å². The minimum atomic E-state index is -0.833. The summed E-state index contributed by atoms with van der Waals surface area (Å²) in [6, 6.07) is 8.61. The van der Waals surface area contributed by atoms with Crippen LogP contribution in [0.15, 0.2) is 49.1 Å². The Morgan fingerprint density at radius 1 is 0.704 bits per heavy atom. The number of aliphatic carboxylic acids is 1. The number of aromatic nitrogens is 2. The highest BCUT2D eigenvalue weighted by atomic mass is 35.5. The lowest BCUT2D eigenvalue weighted by atomic mass is 9.08. The van der Waals surface area contributed by atoms with Gasteiger partial charge in [-0.1, -0.05) is 78.6 Å². The van der Waals surface area contributed by atoms with Gasteiger partial charge in [0.15, 0.2) is 0 Å². The number of carboxylic acids is 1. The zero-order chi connectivity index (χ0) is 39.4. The molecule has 12 heteroatoms. The van der Waals surface area contributed by atoms with Crippen LogP contribution < -0.4 is 5.32 Å². The number of hydrogen-bond donors (Lipinski definition) is 2. The van der Waals surface area contributed by atoms with Gasteiger partial charge in [-0.05, 0) is 141 Å². The summed E-state index contributed by atoms with van der Waals surface area (Å²) >= 11 is 9.53. The third-order valence-corrected chi connectivity index (χ3v) is 11.2. The first kappa shape index (κ1) is 52.9. The number of pyridine rings is 2. The molecule has 5 nitrogen and oxygen atoms in total. The van der Waals surface area contributed by atoms with Gasteiger partial charge in [-0.15, -0.1) is 35.6 Å². The number of halogens is 3. The molecule has 0 aromatic carbocycles. The summed E-state index contributed by atoms with van der Waals surface area (Å²) in [4.78, 5) is 17.1. The first-order chi connectivity index (χ1) is 25.2. The highest BCUT2D eigenvalue weighted by molar-refractivity contribution is 7.49. The molecule has 6 rings (SSSR count). The van der Waals surface area contributed by atoms with Crippen LogP contribution in [0.5, 0.6) is 0 Å². The van der Waals surface area contributed by atoms with Crippen molar-refractivity contribution in [3.8, 4) is 0 Å². The minimum Gasteiger partial charge on any atom is -0.481 e.